The summed E-state index contributed by atoms with van der Waals surface area (Å²) in [5.41, 5.74) is 0. The van der Waals surface area contributed by atoms with Crippen LogP contribution < -0.4 is 10.6 Å². The van der Waals surface area contributed by atoms with Crippen molar-refractivity contribution in [3.05, 3.63) is 30.1 Å². The molecule has 1 aromatic rings. The second-order valence-corrected chi connectivity index (χ2v) is 8.98. The van der Waals surface area contributed by atoms with E-state index in [4.69, 9.17) is 0 Å². The van der Waals surface area contributed by atoms with Crippen molar-refractivity contribution in [2.24, 2.45) is 5.92 Å². The van der Waals surface area contributed by atoms with Gasteiger partial charge in [-0.05, 0) is 37.1 Å². The summed E-state index contributed by atoms with van der Waals surface area (Å²) >= 11 is 0. The Kier molecular flexibility index (Phi) is 8.63. The fraction of sp³-hybridized carbons (Fsp3) is 0.611. The van der Waals surface area contributed by atoms with Crippen LogP contribution in [0.3, 0.4) is 0 Å². The number of piperazine rings is 1. The highest BCUT2D eigenvalue weighted by Crippen LogP contribution is 2.24. The fourth-order valence-corrected chi connectivity index (χ4v) is 5.07. The number of sulfonamides is 1. The minimum absolute atomic E-state index is 0. The number of carbonyl (C=O) groups excluding carboxylic acids is 1. The lowest BCUT2D eigenvalue weighted by molar-refractivity contribution is -0.126. The Morgan fingerprint density at radius 3 is 2.54 bits per heavy atom. The van der Waals surface area contributed by atoms with Crippen molar-refractivity contribution in [3.8, 4) is 0 Å². The first-order chi connectivity index (χ1) is 13.0. The quantitative estimate of drug-likeness (QED) is 0.687. The van der Waals surface area contributed by atoms with Crippen LogP contribution in [0.25, 0.3) is 0 Å². The van der Waals surface area contributed by atoms with Crippen LogP contribution >= 0.6 is 12.4 Å². The number of nitrogens with one attached hydrogen (secondary N) is 2. The lowest BCUT2D eigenvalue weighted by Crippen LogP contribution is -2.48. The van der Waals surface area contributed by atoms with Crippen molar-refractivity contribution >= 4 is 28.3 Å². The van der Waals surface area contributed by atoms with Gasteiger partial charge in [0.15, 0.2) is 0 Å². The largest absolute Gasteiger partial charge is 0.355 e. The van der Waals surface area contributed by atoms with Gasteiger partial charge in [0.1, 0.15) is 5.82 Å². The first-order valence-electron chi connectivity index (χ1n) is 9.43. The van der Waals surface area contributed by atoms with Gasteiger partial charge in [-0.15, -0.1) is 12.4 Å². The smallest absolute Gasteiger partial charge is 0.243 e. The van der Waals surface area contributed by atoms with Crippen LogP contribution in [0, 0.1) is 11.7 Å². The minimum atomic E-state index is -3.71. The maximum Gasteiger partial charge on any atom is 0.243 e. The van der Waals surface area contributed by atoms with Crippen molar-refractivity contribution in [3.63, 3.8) is 0 Å². The zero-order valence-electron chi connectivity index (χ0n) is 15.8. The molecule has 2 N–H and O–H groups in total. The monoisotopic (exact) mass is 434 g/mol. The molecule has 2 saturated heterocycles. The number of hydrogen-bond donors (Lipinski definition) is 2. The van der Waals surface area contributed by atoms with E-state index < -0.39 is 15.8 Å². The third-order valence-electron chi connectivity index (χ3n) is 5.14. The van der Waals surface area contributed by atoms with Crippen LogP contribution in [0.2, 0.25) is 0 Å². The number of piperidine rings is 1. The average molecular weight is 435 g/mol. The number of nitrogens with zero attached hydrogens (tertiary/aromatic N) is 2. The van der Waals surface area contributed by atoms with Gasteiger partial charge in [0.2, 0.25) is 15.9 Å². The van der Waals surface area contributed by atoms with Gasteiger partial charge < -0.3 is 10.6 Å². The number of carbonyl (C=O) groups is 1. The zero-order chi connectivity index (χ0) is 19.3. The molecule has 1 unspecified atom stereocenters. The predicted molar refractivity (Wildman–Crippen MR) is 107 cm³/mol. The average Bonchev–Trinajstić information content (AvgIpc) is 2.69. The molecule has 0 aliphatic carbocycles. The molecule has 0 aromatic heterocycles. The second kappa shape index (κ2) is 10.5. The SMILES string of the molecule is Cl.O=C(NCCN1CCNCC1)C1CCCN(S(=O)(=O)c2ccc(F)cc2)C1. The molecule has 0 spiro atoms. The Labute approximate surface area is 172 Å². The molecule has 0 bridgehead atoms. The van der Waals surface area contributed by atoms with Gasteiger partial charge in [0.05, 0.1) is 10.8 Å². The van der Waals surface area contributed by atoms with Crippen molar-refractivity contribution in [2.45, 2.75) is 17.7 Å². The Morgan fingerprint density at radius 2 is 1.86 bits per heavy atom. The van der Waals surface area contributed by atoms with E-state index in [0.29, 0.717) is 25.9 Å². The normalized spacial score (nSPS) is 21.7. The third-order valence-corrected chi connectivity index (χ3v) is 7.02. The Morgan fingerprint density at radius 1 is 1.18 bits per heavy atom. The number of hydrogen-bond acceptors (Lipinski definition) is 5. The molecule has 2 heterocycles. The highest BCUT2D eigenvalue weighted by molar-refractivity contribution is 7.89. The van der Waals surface area contributed by atoms with E-state index in [2.05, 4.69) is 15.5 Å². The summed E-state index contributed by atoms with van der Waals surface area (Å²) in [7, 11) is -3.71. The van der Waals surface area contributed by atoms with Crippen LogP contribution in [0.5, 0.6) is 0 Å². The summed E-state index contributed by atoms with van der Waals surface area (Å²) in [4.78, 5) is 14.8. The zero-order valence-corrected chi connectivity index (χ0v) is 17.4. The molecule has 28 heavy (non-hydrogen) atoms. The third kappa shape index (κ3) is 5.87. The summed E-state index contributed by atoms with van der Waals surface area (Å²) in [5, 5.41) is 6.24. The van der Waals surface area contributed by atoms with Gasteiger partial charge in [-0.2, -0.15) is 4.31 Å². The maximum absolute atomic E-state index is 13.1. The molecule has 2 fully saturated rings. The van der Waals surface area contributed by atoms with Gasteiger partial charge in [0, 0.05) is 52.4 Å². The van der Waals surface area contributed by atoms with E-state index in [-0.39, 0.29) is 35.7 Å². The highest BCUT2D eigenvalue weighted by Gasteiger charge is 2.33. The van der Waals surface area contributed by atoms with Crippen LogP contribution in [-0.4, -0.2) is 75.9 Å². The van der Waals surface area contributed by atoms with E-state index in [0.717, 1.165) is 44.9 Å². The summed E-state index contributed by atoms with van der Waals surface area (Å²) in [6.45, 7) is 5.80. The van der Waals surface area contributed by atoms with E-state index in [1.807, 2.05) is 0 Å². The van der Waals surface area contributed by atoms with Crippen molar-refractivity contribution in [1.29, 1.82) is 0 Å². The number of amides is 1. The molecule has 0 radical (unpaired) electrons. The predicted octanol–water partition coefficient (Wildman–Crippen LogP) is 0.670. The minimum Gasteiger partial charge on any atom is -0.355 e. The molecular weight excluding hydrogens is 407 g/mol. The maximum atomic E-state index is 13.1. The molecule has 10 heteroatoms. The lowest BCUT2D eigenvalue weighted by Gasteiger charge is -2.31. The number of benzene rings is 1. The van der Waals surface area contributed by atoms with Crippen molar-refractivity contribution < 1.29 is 17.6 Å². The van der Waals surface area contributed by atoms with Gasteiger partial charge >= 0.3 is 0 Å². The molecule has 3 rings (SSSR count). The molecule has 2 aliphatic heterocycles. The first-order valence-corrected chi connectivity index (χ1v) is 10.9. The molecule has 1 atom stereocenters. The van der Waals surface area contributed by atoms with Gasteiger partial charge in [-0.3, -0.25) is 9.69 Å². The topological polar surface area (TPSA) is 81.8 Å². The molecule has 1 amide bonds. The van der Waals surface area contributed by atoms with Crippen LogP contribution in [0.15, 0.2) is 29.2 Å². The number of halogens is 2. The van der Waals surface area contributed by atoms with Gasteiger partial charge in [-0.25, -0.2) is 12.8 Å². The molecule has 2 aliphatic rings. The summed E-state index contributed by atoms with van der Waals surface area (Å²) in [5.74, 6) is -0.921. The Bertz CT molecular complexity index is 742. The van der Waals surface area contributed by atoms with Gasteiger partial charge in [-0.1, -0.05) is 0 Å². The lowest BCUT2D eigenvalue weighted by atomic mass is 9.99. The Hall–Kier alpha value is -1.26. The standard InChI is InChI=1S/C18H27FN4O3S.ClH/c19-16-3-5-17(6-4-16)27(25,26)23-10-1-2-15(14-23)18(24)21-9-13-22-11-7-20-8-12-22;/h3-6,15,20H,1-2,7-14H2,(H,21,24);1H. The van der Waals surface area contributed by atoms with Crippen molar-refractivity contribution in [1.82, 2.24) is 19.8 Å². The fourth-order valence-electron chi connectivity index (χ4n) is 3.55. The summed E-state index contributed by atoms with van der Waals surface area (Å²) in [6.07, 6.45) is 1.31. The van der Waals surface area contributed by atoms with Crippen LogP contribution in [0.1, 0.15) is 12.8 Å². The van der Waals surface area contributed by atoms with E-state index in [9.17, 15) is 17.6 Å². The second-order valence-electron chi connectivity index (χ2n) is 7.04. The molecule has 1 aromatic carbocycles. The molecular formula is C18H28ClFN4O3S. The highest BCUT2D eigenvalue weighted by atomic mass is 35.5. The molecule has 158 valence electrons. The number of rotatable bonds is 6. The Balaban J connectivity index is 0.00000280. The summed E-state index contributed by atoms with van der Waals surface area (Å²) < 4.78 is 39.9. The molecule has 7 nitrogen and oxygen atoms in total. The van der Waals surface area contributed by atoms with E-state index in [1.165, 1.54) is 16.4 Å². The van der Waals surface area contributed by atoms with Gasteiger partial charge in [0.25, 0.3) is 0 Å². The van der Waals surface area contributed by atoms with Crippen LogP contribution in [-0.2, 0) is 14.8 Å². The van der Waals surface area contributed by atoms with E-state index >= 15 is 0 Å². The van der Waals surface area contributed by atoms with E-state index in [1.54, 1.807) is 0 Å². The summed E-state index contributed by atoms with van der Waals surface area (Å²) in [6, 6.07) is 4.80. The first kappa shape index (κ1) is 23.0. The van der Waals surface area contributed by atoms with Crippen LogP contribution in [0.4, 0.5) is 4.39 Å². The van der Waals surface area contributed by atoms with Crippen molar-refractivity contribution in [2.75, 3.05) is 52.4 Å². The molecule has 0 saturated carbocycles.